The van der Waals surface area contributed by atoms with Gasteiger partial charge in [0, 0.05) is 12.2 Å². The molecule has 4 N–H and O–H groups in total. The maximum absolute atomic E-state index is 11.5. The molecular formula is C9H12N4O3S. The molecule has 7 nitrogen and oxygen atoms in total. The van der Waals surface area contributed by atoms with Crippen LogP contribution in [0.4, 0.5) is 5.69 Å². The molecular weight excluding hydrogens is 244 g/mol. The van der Waals surface area contributed by atoms with Crippen LogP contribution in [0.5, 0.6) is 0 Å². The van der Waals surface area contributed by atoms with Crippen molar-refractivity contribution in [1.82, 2.24) is 9.03 Å². The lowest BCUT2D eigenvalue weighted by Crippen LogP contribution is -2.29. The number of nitrogens with one attached hydrogen (secondary N) is 2. The van der Waals surface area contributed by atoms with Crippen LogP contribution in [0.1, 0.15) is 5.56 Å². The van der Waals surface area contributed by atoms with Gasteiger partial charge in [0.05, 0.1) is 6.54 Å². The number of rotatable bonds is 3. The Bertz CT molecular complexity index is 543. The number of carbonyl (C=O) groups is 1. The van der Waals surface area contributed by atoms with Crippen LogP contribution in [0.2, 0.25) is 0 Å². The zero-order valence-corrected chi connectivity index (χ0v) is 9.70. The van der Waals surface area contributed by atoms with Gasteiger partial charge in [-0.25, -0.2) is 4.72 Å². The topological polar surface area (TPSA) is 105 Å². The molecule has 0 aliphatic carbocycles. The fourth-order valence-electron chi connectivity index (χ4n) is 1.59. The second-order valence-electron chi connectivity index (χ2n) is 3.64. The lowest BCUT2D eigenvalue weighted by atomic mass is 10.2. The number of hydrazine groups is 1. The number of nitrogens with zero attached hydrogens (tertiary/aromatic N) is 1. The fraction of sp³-hybridized carbons (Fsp3) is 0.222. The van der Waals surface area contributed by atoms with Gasteiger partial charge in [0.15, 0.2) is 0 Å². The molecule has 2 rings (SSSR count). The zero-order chi connectivity index (χ0) is 12.5. The Morgan fingerprint density at radius 3 is 2.82 bits per heavy atom. The van der Waals surface area contributed by atoms with Gasteiger partial charge in [0.2, 0.25) is 5.91 Å². The maximum atomic E-state index is 11.5. The molecule has 1 aromatic rings. The van der Waals surface area contributed by atoms with E-state index in [0.717, 1.165) is 9.87 Å². The molecule has 0 unspecified atom stereocenters. The first-order valence-electron chi connectivity index (χ1n) is 4.87. The second kappa shape index (κ2) is 4.32. The predicted molar refractivity (Wildman–Crippen MR) is 61.7 cm³/mol. The highest BCUT2D eigenvalue weighted by atomic mass is 32.2. The lowest BCUT2D eigenvalue weighted by molar-refractivity contribution is -0.118. The van der Waals surface area contributed by atoms with E-state index in [0.29, 0.717) is 5.69 Å². The third kappa shape index (κ3) is 2.54. The van der Waals surface area contributed by atoms with Crippen molar-refractivity contribution in [3.63, 3.8) is 0 Å². The van der Waals surface area contributed by atoms with E-state index in [-0.39, 0.29) is 13.1 Å². The Balaban J connectivity index is 2.18. The molecule has 1 saturated heterocycles. The van der Waals surface area contributed by atoms with Crippen LogP contribution in [0.25, 0.3) is 0 Å². The fourth-order valence-corrected chi connectivity index (χ4v) is 2.68. The van der Waals surface area contributed by atoms with Gasteiger partial charge >= 0.3 is 10.2 Å². The van der Waals surface area contributed by atoms with Crippen LogP contribution in [0, 0.1) is 0 Å². The van der Waals surface area contributed by atoms with E-state index in [1.807, 2.05) is 4.72 Å². The van der Waals surface area contributed by atoms with Crippen LogP contribution in [-0.2, 0) is 21.5 Å². The standard InChI is InChI=1S/C9H12N4O3S/c10-11-8-3-1-2-7(4-8)5-13-6-9(14)12-17(13,15)16/h1-4,11H,5-6,10H2,(H,12,14). The minimum Gasteiger partial charge on any atom is -0.324 e. The normalized spacial score (nSPS) is 19.0. The summed E-state index contributed by atoms with van der Waals surface area (Å²) in [4.78, 5) is 11.0. The molecule has 1 heterocycles. The van der Waals surface area contributed by atoms with Crippen molar-refractivity contribution in [3.8, 4) is 0 Å². The summed E-state index contributed by atoms with van der Waals surface area (Å²) in [6.07, 6.45) is 0. The number of nitrogen functional groups attached to an aromatic ring is 1. The van der Waals surface area contributed by atoms with Gasteiger partial charge in [-0.3, -0.25) is 10.6 Å². The summed E-state index contributed by atoms with van der Waals surface area (Å²) in [6.45, 7) is -0.0147. The van der Waals surface area contributed by atoms with Gasteiger partial charge in [-0.15, -0.1) is 0 Å². The molecule has 17 heavy (non-hydrogen) atoms. The highest BCUT2D eigenvalue weighted by Gasteiger charge is 2.33. The van der Waals surface area contributed by atoms with Gasteiger partial charge in [-0.1, -0.05) is 12.1 Å². The first-order chi connectivity index (χ1) is 8.01. The third-order valence-corrected chi connectivity index (χ3v) is 3.78. The number of hydrogen-bond acceptors (Lipinski definition) is 5. The molecule has 0 radical (unpaired) electrons. The van der Waals surface area contributed by atoms with Crippen molar-refractivity contribution in [2.45, 2.75) is 6.54 Å². The van der Waals surface area contributed by atoms with Gasteiger partial charge in [-0.05, 0) is 17.7 Å². The van der Waals surface area contributed by atoms with E-state index < -0.39 is 16.1 Å². The quantitative estimate of drug-likeness (QED) is 0.482. The summed E-state index contributed by atoms with van der Waals surface area (Å²) in [7, 11) is -3.67. The summed E-state index contributed by atoms with van der Waals surface area (Å²) < 4.78 is 26.0. The van der Waals surface area contributed by atoms with Crippen molar-refractivity contribution in [3.05, 3.63) is 29.8 Å². The van der Waals surface area contributed by atoms with Crippen molar-refractivity contribution >= 4 is 21.8 Å². The highest BCUT2D eigenvalue weighted by Crippen LogP contribution is 2.15. The molecule has 0 spiro atoms. The molecule has 1 amide bonds. The van der Waals surface area contributed by atoms with E-state index in [9.17, 15) is 13.2 Å². The van der Waals surface area contributed by atoms with Crippen LogP contribution in [0.15, 0.2) is 24.3 Å². The maximum Gasteiger partial charge on any atom is 0.304 e. The number of anilines is 1. The Morgan fingerprint density at radius 1 is 1.47 bits per heavy atom. The van der Waals surface area contributed by atoms with Crippen molar-refractivity contribution in [1.29, 1.82) is 0 Å². The average Bonchev–Trinajstić information content (AvgIpc) is 2.52. The highest BCUT2D eigenvalue weighted by molar-refractivity contribution is 7.88. The molecule has 1 aromatic carbocycles. The van der Waals surface area contributed by atoms with E-state index in [4.69, 9.17) is 5.84 Å². The first-order valence-corrected chi connectivity index (χ1v) is 6.31. The van der Waals surface area contributed by atoms with E-state index in [2.05, 4.69) is 5.43 Å². The van der Waals surface area contributed by atoms with Crippen LogP contribution < -0.4 is 16.0 Å². The Kier molecular flexibility index (Phi) is 3.01. The summed E-state index contributed by atoms with van der Waals surface area (Å²) in [5.41, 5.74) is 3.90. The molecule has 0 aromatic heterocycles. The Hall–Kier alpha value is -1.64. The van der Waals surface area contributed by atoms with Crippen molar-refractivity contribution < 1.29 is 13.2 Å². The third-order valence-electron chi connectivity index (χ3n) is 2.36. The summed E-state index contributed by atoms with van der Waals surface area (Å²) in [6, 6.07) is 6.99. The number of amides is 1. The number of benzene rings is 1. The molecule has 0 atom stereocenters. The van der Waals surface area contributed by atoms with E-state index in [1.54, 1.807) is 24.3 Å². The molecule has 1 aliphatic heterocycles. The van der Waals surface area contributed by atoms with Gasteiger partial charge < -0.3 is 5.43 Å². The summed E-state index contributed by atoms with van der Waals surface area (Å²) >= 11 is 0. The first kappa shape index (κ1) is 11.8. The zero-order valence-electron chi connectivity index (χ0n) is 8.88. The minimum atomic E-state index is -3.67. The minimum absolute atomic E-state index is 0.136. The number of carbonyl (C=O) groups excluding carboxylic acids is 1. The molecule has 1 fully saturated rings. The Morgan fingerprint density at radius 2 is 2.24 bits per heavy atom. The lowest BCUT2D eigenvalue weighted by Gasteiger charge is -2.12. The second-order valence-corrected chi connectivity index (χ2v) is 5.31. The molecule has 8 heteroatoms. The molecule has 92 valence electrons. The number of hydrogen-bond donors (Lipinski definition) is 3. The summed E-state index contributed by atoms with van der Waals surface area (Å²) in [5, 5.41) is 0. The SMILES string of the molecule is NNc1cccc(CN2CC(=O)NS2(=O)=O)c1. The van der Waals surface area contributed by atoms with Crippen LogP contribution >= 0.6 is 0 Å². The van der Waals surface area contributed by atoms with Gasteiger partial charge in [-0.2, -0.15) is 12.7 Å². The van der Waals surface area contributed by atoms with Gasteiger partial charge in [0.1, 0.15) is 0 Å². The Labute approximate surface area is 98.7 Å². The summed E-state index contributed by atoms with van der Waals surface area (Å²) in [5.74, 6) is 4.74. The monoisotopic (exact) mass is 256 g/mol. The van der Waals surface area contributed by atoms with E-state index >= 15 is 0 Å². The van der Waals surface area contributed by atoms with E-state index in [1.165, 1.54) is 0 Å². The molecule has 0 saturated carbocycles. The largest absolute Gasteiger partial charge is 0.324 e. The van der Waals surface area contributed by atoms with Crippen molar-refractivity contribution in [2.24, 2.45) is 5.84 Å². The smallest absolute Gasteiger partial charge is 0.304 e. The average molecular weight is 256 g/mol. The number of nitrogens with two attached hydrogens (primary N) is 1. The predicted octanol–water partition coefficient (Wildman–Crippen LogP) is -0.851. The van der Waals surface area contributed by atoms with Crippen LogP contribution in [0.3, 0.4) is 0 Å². The van der Waals surface area contributed by atoms with Crippen molar-refractivity contribution in [2.75, 3.05) is 12.0 Å². The molecule has 1 aliphatic rings. The molecule has 0 bridgehead atoms. The van der Waals surface area contributed by atoms with Crippen LogP contribution in [-0.4, -0.2) is 25.2 Å². The van der Waals surface area contributed by atoms with Gasteiger partial charge in [0.25, 0.3) is 0 Å².